The molecule has 2 amide bonds. The van der Waals surface area contributed by atoms with Gasteiger partial charge < -0.3 is 24.6 Å². The first-order chi connectivity index (χ1) is 14.0. The van der Waals surface area contributed by atoms with Crippen molar-refractivity contribution in [2.24, 2.45) is 0 Å². The van der Waals surface area contributed by atoms with Gasteiger partial charge in [-0.15, -0.1) is 0 Å². The highest BCUT2D eigenvalue weighted by Gasteiger charge is 2.26. The van der Waals surface area contributed by atoms with Crippen molar-refractivity contribution in [3.63, 3.8) is 0 Å². The second kappa shape index (κ2) is 9.09. The molecule has 1 aliphatic heterocycles. The zero-order valence-corrected chi connectivity index (χ0v) is 16.4. The Morgan fingerprint density at radius 3 is 2.03 bits per heavy atom. The van der Waals surface area contributed by atoms with Crippen molar-refractivity contribution in [3.8, 4) is 5.75 Å². The lowest BCUT2D eigenvalue weighted by Gasteiger charge is -2.35. The van der Waals surface area contributed by atoms with Crippen LogP contribution < -0.4 is 15.0 Å². The van der Waals surface area contributed by atoms with Crippen LogP contribution in [-0.2, 0) is 14.3 Å². The van der Waals surface area contributed by atoms with E-state index in [2.05, 4.69) is 15.0 Å². The molecule has 0 bridgehead atoms. The summed E-state index contributed by atoms with van der Waals surface area (Å²) in [6.45, 7) is 2.19. The van der Waals surface area contributed by atoms with Gasteiger partial charge in [0.25, 0.3) is 0 Å². The van der Waals surface area contributed by atoms with Gasteiger partial charge in [-0.05, 0) is 48.5 Å². The van der Waals surface area contributed by atoms with Crippen molar-refractivity contribution in [1.29, 1.82) is 0 Å². The molecule has 0 atom stereocenters. The summed E-state index contributed by atoms with van der Waals surface area (Å²) < 4.78 is 9.80. The van der Waals surface area contributed by atoms with E-state index in [-0.39, 0.29) is 0 Å². The van der Waals surface area contributed by atoms with Gasteiger partial charge in [-0.25, -0.2) is 4.79 Å². The number of hydrogen-bond donors (Lipinski definition) is 1. The Morgan fingerprint density at radius 1 is 0.862 bits per heavy atom. The van der Waals surface area contributed by atoms with E-state index in [4.69, 9.17) is 4.74 Å². The number of anilines is 2. The van der Waals surface area contributed by atoms with Gasteiger partial charge in [-0.3, -0.25) is 9.59 Å². The summed E-state index contributed by atoms with van der Waals surface area (Å²) >= 11 is 0. The fraction of sp³-hybridized carbons (Fsp3) is 0.286. The third-order valence-electron chi connectivity index (χ3n) is 4.76. The second-order valence-corrected chi connectivity index (χ2v) is 6.50. The molecule has 2 aromatic carbocycles. The van der Waals surface area contributed by atoms with Gasteiger partial charge in [-0.2, -0.15) is 0 Å². The second-order valence-electron chi connectivity index (χ2n) is 6.50. The van der Waals surface area contributed by atoms with Crippen LogP contribution in [0.25, 0.3) is 0 Å². The molecule has 1 heterocycles. The number of carbonyl (C=O) groups is 3. The number of ether oxygens (including phenoxy) is 2. The van der Waals surface area contributed by atoms with Crippen LogP contribution >= 0.6 is 0 Å². The maximum atomic E-state index is 12.5. The maximum absolute atomic E-state index is 12.5. The highest BCUT2D eigenvalue weighted by molar-refractivity contribution is 6.39. The topological polar surface area (TPSA) is 88.2 Å². The van der Waals surface area contributed by atoms with Crippen molar-refractivity contribution in [2.75, 3.05) is 50.6 Å². The van der Waals surface area contributed by atoms with Crippen molar-refractivity contribution < 1.29 is 23.9 Å². The van der Waals surface area contributed by atoms with E-state index in [0.717, 1.165) is 11.4 Å². The van der Waals surface area contributed by atoms with Gasteiger partial charge in [-0.1, -0.05) is 0 Å². The monoisotopic (exact) mass is 397 g/mol. The van der Waals surface area contributed by atoms with Crippen LogP contribution in [0.4, 0.5) is 11.4 Å². The standard InChI is InChI=1S/C21H23N3O5/c1-28-18-9-7-17(8-10-18)23-11-13-24(14-12-23)20(26)19(25)22-16-5-3-15(4-6-16)21(27)29-2/h3-10H,11-14H2,1-2H3,(H,22,25). The number of esters is 1. The molecule has 1 N–H and O–H groups in total. The zero-order chi connectivity index (χ0) is 20.8. The van der Waals surface area contributed by atoms with Crippen molar-refractivity contribution in [2.45, 2.75) is 0 Å². The Kier molecular flexibility index (Phi) is 6.33. The Morgan fingerprint density at radius 2 is 1.48 bits per heavy atom. The van der Waals surface area contributed by atoms with E-state index in [1.807, 2.05) is 24.3 Å². The lowest BCUT2D eigenvalue weighted by molar-refractivity contribution is -0.143. The highest BCUT2D eigenvalue weighted by Crippen LogP contribution is 2.20. The first-order valence-corrected chi connectivity index (χ1v) is 9.19. The molecule has 0 aromatic heterocycles. The number of methoxy groups -OCH3 is 2. The predicted molar refractivity (Wildman–Crippen MR) is 108 cm³/mol. The van der Waals surface area contributed by atoms with E-state index in [0.29, 0.717) is 37.4 Å². The Hall–Kier alpha value is -3.55. The van der Waals surface area contributed by atoms with Gasteiger partial charge in [0.15, 0.2) is 0 Å². The first kappa shape index (κ1) is 20.2. The van der Waals surface area contributed by atoms with Gasteiger partial charge in [0.2, 0.25) is 0 Å². The van der Waals surface area contributed by atoms with Crippen molar-refractivity contribution >= 4 is 29.2 Å². The summed E-state index contributed by atoms with van der Waals surface area (Å²) in [7, 11) is 2.92. The number of benzene rings is 2. The lowest BCUT2D eigenvalue weighted by atomic mass is 10.2. The number of carbonyl (C=O) groups excluding carboxylic acids is 3. The molecular formula is C21H23N3O5. The highest BCUT2D eigenvalue weighted by atomic mass is 16.5. The van der Waals surface area contributed by atoms with Crippen LogP contribution in [0.5, 0.6) is 5.75 Å². The average Bonchev–Trinajstić information content (AvgIpc) is 2.78. The summed E-state index contributed by atoms with van der Waals surface area (Å²) in [5.74, 6) is -0.947. The van der Waals surface area contributed by atoms with E-state index in [1.54, 1.807) is 19.2 Å². The summed E-state index contributed by atoms with van der Waals surface area (Å²) in [4.78, 5) is 39.9. The van der Waals surface area contributed by atoms with Gasteiger partial charge >= 0.3 is 17.8 Å². The van der Waals surface area contributed by atoms with E-state index in [1.165, 1.54) is 24.1 Å². The first-order valence-electron chi connectivity index (χ1n) is 9.19. The molecular weight excluding hydrogens is 374 g/mol. The maximum Gasteiger partial charge on any atom is 0.337 e. The molecule has 152 valence electrons. The number of hydrogen-bond acceptors (Lipinski definition) is 6. The summed E-state index contributed by atoms with van der Waals surface area (Å²) in [5.41, 5.74) is 1.85. The summed E-state index contributed by atoms with van der Waals surface area (Å²) in [5, 5.41) is 2.57. The predicted octanol–water partition coefficient (Wildman–Crippen LogP) is 1.77. The van der Waals surface area contributed by atoms with Crippen LogP contribution in [0.3, 0.4) is 0 Å². The summed E-state index contributed by atoms with van der Waals surface area (Å²) in [6.07, 6.45) is 0. The minimum absolute atomic E-state index is 0.367. The fourth-order valence-electron chi connectivity index (χ4n) is 3.10. The van der Waals surface area contributed by atoms with E-state index in [9.17, 15) is 14.4 Å². The van der Waals surface area contributed by atoms with Gasteiger partial charge in [0.1, 0.15) is 5.75 Å². The largest absolute Gasteiger partial charge is 0.497 e. The zero-order valence-electron chi connectivity index (χ0n) is 16.4. The molecule has 0 unspecified atom stereocenters. The summed E-state index contributed by atoms with van der Waals surface area (Å²) in [6, 6.07) is 13.9. The van der Waals surface area contributed by atoms with Crippen LogP contribution in [0.2, 0.25) is 0 Å². The van der Waals surface area contributed by atoms with Crippen LogP contribution in [0.15, 0.2) is 48.5 Å². The van der Waals surface area contributed by atoms with Crippen molar-refractivity contribution in [1.82, 2.24) is 4.90 Å². The molecule has 3 rings (SSSR count). The van der Waals surface area contributed by atoms with Crippen LogP contribution in [0.1, 0.15) is 10.4 Å². The van der Waals surface area contributed by atoms with Crippen molar-refractivity contribution in [3.05, 3.63) is 54.1 Å². The Bertz CT molecular complexity index is 872. The molecule has 2 aromatic rings. The number of nitrogens with one attached hydrogen (secondary N) is 1. The normalized spacial score (nSPS) is 13.6. The van der Waals surface area contributed by atoms with Crippen LogP contribution in [-0.4, -0.2) is 63.1 Å². The number of piperazine rings is 1. The van der Waals surface area contributed by atoms with Crippen LogP contribution in [0, 0.1) is 0 Å². The SMILES string of the molecule is COC(=O)c1ccc(NC(=O)C(=O)N2CCN(c3ccc(OC)cc3)CC2)cc1. The lowest BCUT2D eigenvalue weighted by Crippen LogP contribution is -2.51. The molecule has 0 saturated carbocycles. The van der Waals surface area contributed by atoms with E-state index >= 15 is 0 Å². The molecule has 0 aliphatic carbocycles. The molecule has 1 fully saturated rings. The number of amides is 2. The molecule has 8 nitrogen and oxygen atoms in total. The molecule has 1 saturated heterocycles. The average molecular weight is 397 g/mol. The third kappa shape index (κ3) is 4.84. The molecule has 1 aliphatic rings. The minimum atomic E-state index is -0.700. The molecule has 8 heteroatoms. The fourth-order valence-corrected chi connectivity index (χ4v) is 3.10. The minimum Gasteiger partial charge on any atom is -0.497 e. The third-order valence-corrected chi connectivity index (χ3v) is 4.76. The number of rotatable bonds is 4. The number of nitrogens with zero attached hydrogens (tertiary/aromatic N) is 2. The molecule has 0 radical (unpaired) electrons. The van der Waals surface area contributed by atoms with Gasteiger partial charge in [0.05, 0.1) is 19.8 Å². The molecule has 0 spiro atoms. The quantitative estimate of drug-likeness (QED) is 0.625. The van der Waals surface area contributed by atoms with E-state index < -0.39 is 17.8 Å². The Labute approximate surface area is 169 Å². The molecule has 29 heavy (non-hydrogen) atoms. The Balaban J connectivity index is 1.53. The smallest absolute Gasteiger partial charge is 0.337 e. The van der Waals surface area contributed by atoms with Gasteiger partial charge in [0, 0.05) is 37.6 Å².